The first-order valence-electron chi connectivity index (χ1n) is 9.06. The van der Waals surface area contributed by atoms with Crippen LogP contribution in [0, 0.1) is 37.8 Å². The molecule has 0 bridgehead atoms. The summed E-state index contributed by atoms with van der Waals surface area (Å²) in [7, 11) is -3.65. The van der Waals surface area contributed by atoms with Crippen molar-refractivity contribution >= 4 is 21.5 Å². The van der Waals surface area contributed by atoms with E-state index in [2.05, 4.69) is 4.98 Å². The van der Waals surface area contributed by atoms with Crippen LogP contribution in [-0.2, 0) is 10.0 Å². The molecule has 1 aromatic carbocycles. The van der Waals surface area contributed by atoms with Crippen molar-refractivity contribution in [3.63, 3.8) is 0 Å². The van der Waals surface area contributed by atoms with Crippen LogP contribution in [0.25, 0.3) is 0 Å². The van der Waals surface area contributed by atoms with Crippen LogP contribution in [0.4, 0.5) is 11.5 Å². The zero-order valence-corrected chi connectivity index (χ0v) is 17.3. The van der Waals surface area contributed by atoms with Gasteiger partial charge < -0.3 is 4.90 Å². The van der Waals surface area contributed by atoms with Crippen molar-refractivity contribution in [1.82, 2.24) is 9.29 Å². The van der Waals surface area contributed by atoms with Gasteiger partial charge in [0.25, 0.3) is 0 Å². The molecule has 150 valence electrons. The predicted octanol–water partition coefficient (Wildman–Crippen LogP) is 2.73. The highest BCUT2D eigenvalue weighted by molar-refractivity contribution is 7.89. The summed E-state index contributed by atoms with van der Waals surface area (Å²) in [6.45, 7) is 8.70. The number of aromatic nitrogens is 1. The number of sulfonamides is 1. The lowest BCUT2D eigenvalue weighted by molar-refractivity contribution is -0.384. The van der Waals surface area contributed by atoms with Crippen molar-refractivity contribution < 1.29 is 13.3 Å². The fraction of sp³-hybridized carbons (Fsp3) is 0.421. The highest BCUT2D eigenvalue weighted by atomic mass is 32.2. The van der Waals surface area contributed by atoms with Crippen LogP contribution in [0.1, 0.15) is 22.3 Å². The minimum atomic E-state index is -3.65. The minimum Gasteiger partial charge on any atom is -0.348 e. The summed E-state index contributed by atoms with van der Waals surface area (Å²) < 4.78 is 28.1. The number of piperazine rings is 1. The number of hydrogen-bond donors (Lipinski definition) is 0. The second-order valence-corrected chi connectivity index (χ2v) is 8.96. The fourth-order valence-electron chi connectivity index (χ4n) is 3.61. The molecule has 0 N–H and O–H groups in total. The molecule has 28 heavy (non-hydrogen) atoms. The van der Waals surface area contributed by atoms with Gasteiger partial charge in [-0.25, -0.2) is 13.4 Å². The monoisotopic (exact) mass is 404 g/mol. The Hall–Kier alpha value is -2.52. The molecule has 1 saturated heterocycles. The maximum atomic E-state index is 13.3. The number of pyridine rings is 1. The molecule has 0 radical (unpaired) electrons. The van der Waals surface area contributed by atoms with Crippen molar-refractivity contribution in [1.29, 1.82) is 0 Å². The van der Waals surface area contributed by atoms with Crippen molar-refractivity contribution in [3.8, 4) is 0 Å². The Labute approximate surface area is 165 Å². The zero-order valence-electron chi connectivity index (χ0n) is 16.5. The van der Waals surface area contributed by atoms with Crippen LogP contribution in [0.5, 0.6) is 0 Å². The van der Waals surface area contributed by atoms with Crippen LogP contribution < -0.4 is 4.90 Å². The normalized spacial score (nSPS) is 15.6. The van der Waals surface area contributed by atoms with Crippen LogP contribution in [0.15, 0.2) is 29.3 Å². The molecule has 2 heterocycles. The molecule has 0 spiro atoms. The summed E-state index contributed by atoms with van der Waals surface area (Å²) in [6.07, 6.45) is 1.51. The number of aryl methyl sites for hydroxylation is 2. The average Bonchev–Trinajstić information content (AvgIpc) is 2.66. The van der Waals surface area contributed by atoms with Gasteiger partial charge in [-0.05, 0) is 56.0 Å². The number of anilines is 1. The summed E-state index contributed by atoms with van der Waals surface area (Å²) in [5, 5.41) is 11.2. The molecular weight excluding hydrogens is 380 g/mol. The van der Waals surface area contributed by atoms with E-state index in [9.17, 15) is 18.5 Å². The maximum absolute atomic E-state index is 13.3. The lowest BCUT2D eigenvalue weighted by atomic mass is 10.0. The summed E-state index contributed by atoms with van der Waals surface area (Å²) in [6, 6.07) is 4.93. The molecule has 0 amide bonds. The second kappa shape index (κ2) is 7.48. The summed E-state index contributed by atoms with van der Waals surface area (Å²) in [4.78, 5) is 17.1. The Balaban J connectivity index is 1.87. The molecule has 1 fully saturated rings. The van der Waals surface area contributed by atoms with Gasteiger partial charge in [0.15, 0.2) is 0 Å². The molecule has 9 heteroatoms. The smallest absolute Gasteiger partial charge is 0.311 e. The lowest BCUT2D eigenvalue weighted by Gasteiger charge is -2.35. The van der Waals surface area contributed by atoms with E-state index < -0.39 is 14.9 Å². The number of nitrogens with zero attached hydrogens (tertiary/aromatic N) is 4. The second-order valence-electron chi connectivity index (χ2n) is 7.08. The van der Waals surface area contributed by atoms with E-state index in [0.717, 1.165) is 22.3 Å². The van der Waals surface area contributed by atoms with Crippen molar-refractivity contribution in [2.45, 2.75) is 32.6 Å². The number of hydrogen-bond acceptors (Lipinski definition) is 6. The Morgan fingerprint density at radius 3 is 2.14 bits per heavy atom. The van der Waals surface area contributed by atoms with Crippen molar-refractivity contribution in [2.24, 2.45) is 0 Å². The predicted molar refractivity (Wildman–Crippen MR) is 107 cm³/mol. The van der Waals surface area contributed by atoms with Gasteiger partial charge in [-0.3, -0.25) is 10.1 Å². The third-order valence-corrected chi connectivity index (χ3v) is 7.57. The third-order valence-electron chi connectivity index (χ3n) is 5.40. The molecule has 1 aliphatic heterocycles. The Morgan fingerprint density at radius 1 is 1.04 bits per heavy atom. The molecule has 0 saturated carbocycles. The van der Waals surface area contributed by atoms with Gasteiger partial charge in [-0.15, -0.1) is 0 Å². The van der Waals surface area contributed by atoms with Gasteiger partial charge in [0.05, 0.1) is 9.82 Å². The van der Waals surface area contributed by atoms with Crippen LogP contribution >= 0.6 is 0 Å². The molecule has 3 rings (SSSR count). The van der Waals surface area contributed by atoms with Gasteiger partial charge in [0, 0.05) is 38.4 Å². The summed E-state index contributed by atoms with van der Waals surface area (Å²) in [5.74, 6) is 0.281. The number of nitro groups is 1. The quantitative estimate of drug-likeness (QED) is 0.574. The van der Waals surface area contributed by atoms with E-state index >= 15 is 0 Å². The highest BCUT2D eigenvalue weighted by Crippen LogP contribution is 2.31. The van der Waals surface area contributed by atoms with Crippen molar-refractivity contribution in [3.05, 3.63) is 56.8 Å². The maximum Gasteiger partial charge on any atom is 0.311 e. The average molecular weight is 404 g/mol. The lowest BCUT2D eigenvalue weighted by Crippen LogP contribution is -2.49. The largest absolute Gasteiger partial charge is 0.348 e. The van der Waals surface area contributed by atoms with E-state index in [1.54, 1.807) is 4.90 Å². The summed E-state index contributed by atoms with van der Waals surface area (Å²) >= 11 is 0. The molecule has 0 unspecified atom stereocenters. The van der Waals surface area contributed by atoms with Crippen molar-refractivity contribution in [2.75, 3.05) is 31.1 Å². The number of rotatable bonds is 4. The first-order valence-corrected chi connectivity index (χ1v) is 10.5. The van der Waals surface area contributed by atoms with Gasteiger partial charge >= 0.3 is 5.69 Å². The molecule has 8 nitrogen and oxygen atoms in total. The molecule has 0 atom stereocenters. The van der Waals surface area contributed by atoms with Gasteiger partial charge in [-0.2, -0.15) is 4.31 Å². The van der Waals surface area contributed by atoms with Crippen LogP contribution in [-0.4, -0.2) is 48.8 Å². The third kappa shape index (κ3) is 3.47. The van der Waals surface area contributed by atoms with Crippen LogP contribution in [0.2, 0.25) is 0 Å². The van der Waals surface area contributed by atoms with Crippen LogP contribution in [0.3, 0.4) is 0 Å². The Kier molecular flexibility index (Phi) is 5.40. The molecule has 1 aromatic heterocycles. The van der Waals surface area contributed by atoms with Gasteiger partial charge in [0.2, 0.25) is 15.8 Å². The minimum absolute atomic E-state index is 0.0696. The van der Waals surface area contributed by atoms with E-state index in [1.165, 1.54) is 22.6 Å². The van der Waals surface area contributed by atoms with Gasteiger partial charge in [0.1, 0.15) is 0 Å². The Bertz CT molecular complexity index is 1000. The topological polar surface area (TPSA) is 96.7 Å². The standard InChI is InChI=1S/C19H24N4O4S/c1-13-12-14(2)16(4)18(15(13)3)28(26,27)22-10-8-21(9-11-22)19-17(23(24)25)6-5-7-20-19/h5-7,12H,8-11H2,1-4H3. The van der Waals surface area contributed by atoms with E-state index in [0.29, 0.717) is 18.0 Å². The van der Waals surface area contributed by atoms with E-state index in [1.807, 2.05) is 33.8 Å². The first kappa shape index (κ1) is 20.2. The van der Waals surface area contributed by atoms with E-state index in [-0.39, 0.29) is 24.6 Å². The molecule has 2 aromatic rings. The summed E-state index contributed by atoms with van der Waals surface area (Å²) in [5.41, 5.74) is 3.37. The Morgan fingerprint density at radius 2 is 1.61 bits per heavy atom. The molecular formula is C19H24N4O4S. The SMILES string of the molecule is Cc1cc(C)c(C)c(S(=O)(=O)N2CCN(c3ncccc3[N+](=O)[O-])CC2)c1C. The number of benzene rings is 1. The fourth-order valence-corrected chi connectivity index (χ4v) is 5.61. The molecule has 0 aliphatic carbocycles. The van der Waals surface area contributed by atoms with Gasteiger partial charge in [-0.1, -0.05) is 6.07 Å². The highest BCUT2D eigenvalue weighted by Gasteiger charge is 2.33. The molecule has 1 aliphatic rings. The zero-order chi connectivity index (χ0) is 20.6. The first-order chi connectivity index (χ1) is 13.1. The van der Waals surface area contributed by atoms with E-state index in [4.69, 9.17) is 0 Å².